The second-order valence-corrected chi connectivity index (χ2v) is 6.82. The fourth-order valence-corrected chi connectivity index (χ4v) is 2.85. The summed E-state index contributed by atoms with van der Waals surface area (Å²) in [7, 11) is -4.62. The number of benzene rings is 1. The van der Waals surface area contributed by atoms with E-state index in [2.05, 4.69) is 46.9 Å². The average molecular weight is 429 g/mol. The first-order valence-corrected chi connectivity index (χ1v) is 9.00. The third-order valence-corrected chi connectivity index (χ3v) is 4.12. The lowest BCUT2D eigenvalue weighted by molar-refractivity contribution is 0.483. The lowest BCUT2D eigenvalue weighted by Gasteiger charge is -2.12. The van der Waals surface area contributed by atoms with Crippen LogP contribution in [-0.2, 0) is 10.1 Å². The normalized spacial score (nSPS) is 11.2. The minimum atomic E-state index is -4.62. The van der Waals surface area contributed by atoms with Gasteiger partial charge in [0.15, 0.2) is 0 Å². The molecule has 0 aliphatic rings. The number of aromatic nitrogens is 6. The van der Waals surface area contributed by atoms with E-state index in [1.165, 1.54) is 12.1 Å². The second kappa shape index (κ2) is 7.40. The highest BCUT2D eigenvalue weighted by Crippen LogP contribution is 2.28. The molecular formula is C12H8Cl2N9O3S. The van der Waals surface area contributed by atoms with Gasteiger partial charge in [-0.15, -0.1) is 0 Å². The van der Waals surface area contributed by atoms with E-state index in [0.717, 1.165) is 6.07 Å². The zero-order chi connectivity index (χ0) is 19.6. The number of hydrogen-bond donors (Lipinski definition) is 4. The topological polar surface area (TPSA) is 182 Å². The molecular weight excluding hydrogens is 421 g/mol. The predicted octanol–water partition coefficient (Wildman–Crippen LogP) is 1.48. The molecule has 139 valence electrons. The van der Waals surface area contributed by atoms with Crippen molar-refractivity contribution in [2.75, 3.05) is 16.4 Å². The Kier molecular flexibility index (Phi) is 5.18. The van der Waals surface area contributed by atoms with Crippen LogP contribution in [0.3, 0.4) is 0 Å². The van der Waals surface area contributed by atoms with E-state index >= 15 is 0 Å². The Balaban J connectivity index is 1.97. The van der Waals surface area contributed by atoms with Crippen LogP contribution in [0.2, 0.25) is 10.6 Å². The molecule has 1 radical (unpaired) electrons. The smallest absolute Gasteiger partial charge is 0.296 e. The van der Waals surface area contributed by atoms with Gasteiger partial charge >= 0.3 is 0 Å². The summed E-state index contributed by atoms with van der Waals surface area (Å²) in [5.41, 5.74) is 5.66. The number of anilines is 5. The lowest BCUT2D eigenvalue weighted by Crippen LogP contribution is -2.08. The van der Waals surface area contributed by atoms with Crippen LogP contribution in [0.25, 0.3) is 0 Å². The van der Waals surface area contributed by atoms with Crippen molar-refractivity contribution in [3.05, 3.63) is 35.1 Å². The number of nitrogens with two attached hydrogens (primary N) is 1. The molecule has 1 aromatic carbocycles. The summed E-state index contributed by atoms with van der Waals surface area (Å²) in [5.74, 6) is -0.266. The van der Waals surface area contributed by atoms with Crippen molar-refractivity contribution >= 4 is 62.5 Å². The van der Waals surface area contributed by atoms with Crippen molar-refractivity contribution in [2.45, 2.75) is 4.90 Å². The third-order valence-electron chi connectivity index (χ3n) is 2.88. The predicted molar refractivity (Wildman–Crippen MR) is 95.7 cm³/mol. The number of rotatable bonds is 5. The highest BCUT2D eigenvalue weighted by molar-refractivity contribution is 7.86. The molecule has 2 heterocycles. The molecule has 0 fully saturated rings. The van der Waals surface area contributed by atoms with Crippen LogP contribution in [0.1, 0.15) is 0 Å². The molecule has 0 aliphatic heterocycles. The maximum atomic E-state index is 11.8. The summed E-state index contributed by atoms with van der Waals surface area (Å²) in [4.78, 5) is 21.7. The Hall–Kier alpha value is -2.87. The summed E-state index contributed by atoms with van der Waals surface area (Å²) >= 11 is 11.3. The van der Waals surface area contributed by atoms with Gasteiger partial charge in [-0.05, 0) is 41.4 Å². The molecule has 5 N–H and O–H groups in total. The Morgan fingerprint density at radius 3 is 2.41 bits per heavy atom. The summed E-state index contributed by atoms with van der Waals surface area (Å²) in [6.07, 6.45) is 2.27. The highest BCUT2D eigenvalue weighted by atomic mass is 35.5. The maximum Gasteiger partial charge on any atom is 0.296 e. The van der Waals surface area contributed by atoms with Gasteiger partial charge in [0.1, 0.15) is 4.90 Å². The van der Waals surface area contributed by atoms with Gasteiger partial charge in [0.25, 0.3) is 10.1 Å². The Bertz CT molecular complexity index is 1090. The molecule has 0 amide bonds. The molecule has 3 aromatic rings. The molecule has 0 saturated heterocycles. The molecule has 27 heavy (non-hydrogen) atoms. The number of nitrogens with one attached hydrogen (secondary N) is 2. The van der Waals surface area contributed by atoms with Gasteiger partial charge in [0.2, 0.25) is 34.7 Å². The van der Waals surface area contributed by atoms with Crippen LogP contribution in [0, 0.1) is 6.33 Å². The van der Waals surface area contributed by atoms with Crippen LogP contribution in [-0.4, -0.2) is 42.9 Å². The monoisotopic (exact) mass is 428 g/mol. The standard InChI is InChI=1S/C12H8Cl2N9O3S/c13-8-16-4-17-11(21-8)18-5-1-2-6(7(3-5)27(24,25)26)19-12-22-9(14)20-10(15)23-12/h1-3H,(H,24,25,26)(H,16,17,18,21)(H3,15,19,20,22,23). The first-order valence-electron chi connectivity index (χ1n) is 6.81. The van der Waals surface area contributed by atoms with Gasteiger partial charge in [-0.1, -0.05) is 0 Å². The summed E-state index contributed by atoms with van der Waals surface area (Å²) in [6, 6.07) is 3.94. The lowest BCUT2D eigenvalue weighted by atomic mass is 10.3. The molecule has 0 bridgehead atoms. The maximum absolute atomic E-state index is 11.8. The molecule has 0 aliphatic carbocycles. The van der Waals surface area contributed by atoms with Crippen molar-refractivity contribution in [3.8, 4) is 0 Å². The number of nitrogens with zero attached hydrogens (tertiary/aromatic N) is 6. The third kappa shape index (κ3) is 4.85. The van der Waals surface area contributed by atoms with Crippen LogP contribution >= 0.6 is 23.2 Å². The molecule has 3 rings (SSSR count). The van der Waals surface area contributed by atoms with Crippen LogP contribution in [0.15, 0.2) is 23.1 Å². The number of halogens is 2. The second-order valence-electron chi connectivity index (χ2n) is 4.75. The van der Waals surface area contributed by atoms with Crippen LogP contribution in [0.4, 0.5) is 29.2 Å². The Labute approximate surface area is 162 Å². The Morgan fingerprint density at radius 1 is 1.00 bits per heavy atom. The molecule has 12 nitrogen and oxygen atoms in total. The largest absolute Gasteiger partial charge is 0.368 e. The SMILES string of the molecule is Nc1nc(Cl)nc(Nc2ccc(Nc3n[c]nc(Cl)n3)cc2S(=O)(=O)O)n1. The number of hydrogen-bond acceptors (Lipinski definition) is 11. The van der Waals surface area contributed by atoms with Crippen molar-refractivity contribution < 1.29 is 13.0 Å². The average Bonchev–Trinajstić information content (AvgIpc) is 2.54. The molecule has 0 atom stereocenters. The highest BCUT2D eigenvalue weighted by Gasteiger charge is 2.18. The minimum absolute atomic E-state index is 0.0222. The van der Waals surface area contributed by atoms with E-state index in [1.54, 1.807) is 0 Å². The van der Waals surface area contributed by atoms with Crippen molar-refractivity contribution in [1.82, 2.24) is 29.9 Å². The zero-order valence-corrected chi connectivity index (χ0v) is 15.2. The van der Waals surface area contributed by atoms with Gasteiger partial charge in [-0.25, -0.2) is 0 Å². The van der Waals surface area contributed by atoms with Crippen LogP contribution in [0.5, 0.6) is 0 Å². The summed E-state index contributed by atoms with van der Waals surface area (Å²) in [6.45, 7) is 0. The molecule has 15 heteroatoms. The molecule has 2 aromatic heterocycles. The number of nitrogen functional groups attached to an aromatic ring is 1. The van der Waals surface area contributed by atoms with E-state index in [4.69, 9.17) is 28.9 Å². The summed E-state index contributed by atoms with van der Waals surface area (Å²) in [5, 5.41) is 5.00. The van der Waals surface area contributed by atoms with E-state index in [1.807, 2.05) is 0 Å². The van der Waals surface area contributed by atoms with E-state index in [9.17, 15) is 13.0 Å². The van der Waals surface area contributed by atoms with Crippen molar-refractivity contribution in [3.63, 3.8) is 0 Å². The van der Waals surface area contributed by atoms with E-state index in [0.29, 0.717) is 0 Å². The van der Waals surface area contributed by atoms with Gasteiger partial charge in [0, 0.05) is 5.69 Å². The fourth-order valence-electron chi connectivity index (χ4n) is 1.89. The van der Waals surface area contributed by atoms with Gasteiger partial charge in [-0.3, -0.25) is 4.55 Å². The quantitative estimate of drug-likeness (QED) is 0.429. The summed E-state index contributed by atoms with van der Waals surface area (Å²) < 4.78 is 33.0. The van der Waals surface area contributed by atoms with E-state index < -0.39 is 15.0 Å². The van der Waals surface area contributed by atoms with E-state index in [-0.39, 0.29) is 39.8 Å². The van der Waals surface area contributed by atoms with Crippen molar-refractivity contribution in [1.29, 1.82) is 0 Å². The minimum Gasteiger partial charge on any atom is -0.368 e. The molecule has 0 unspecified atom stereocenters. The zero-order valence-electron chi connectivity index (χ0n) is 12.9. The molecule has 0 spiro atoms. The first kappa shape index (κ1) is 18.9. The Morgan fingerprint density at radius 2 is 1.74 bits per heavy atom. The van der Waals surface area contributed by atoms with Gasteiger partial charge < -0.3 is 16.4 Å². The first-order chi connectivity index (χ1) is 12.7. The molecule has 0 saturated carbocycles. The van der Waals surface area contributed by atoms with Crippen molar-refractivity contribution in [2.24, 2.45) is 0 Å². The van der Waals surface area contributed by atoms with Crippen LogP contribution < -0.4 is 16.4 Å². The van der Waals surface area contributed by atoms with Gasteiger partial charge in [-0.2, -0.15) is 38.3 Å². The fraction of sp³-hybridized carbons (Fsp3) is 0. The van der Waals surface area contributed by atoms with Gasteiger partial charge in [0.05, 0.1) is 5.69 Å².